The van der Waals surface area contributed by atoms with Gasteiger partial charge in [-0.15, -0.1) is 0 Å². The quantitative estimate of drug-likeness (QED) is 0.831. The minimum Gasteiger partial charge on any atom is -0.368 e. The largest absolute Gasteiger partial charge is 0.368 e. The second kappa shape index (κ2) is 5.98. The van der Waals surface area contributed by atoms with Gasteiger partial charge in [-0.25, -0.2) is 0 Å². The normalized spacial score (nSPS) is 19.2. The van der Waals surface area contributed by atoms with Crippen molar-refractivity contribution in [3.05, 3.63) is 35.4 Å². The van der Waals surface area contributed by atoms with Gasteiger partial charge in [0.25, 0.3) is 0 Å². The second-order valence-corrected chi connectivity index (χ2v) is 4.86. The van der Waals surface area contributed by atoms with E-state index in [1.54, 1.807) is 0 Å². The fourth-order valence-electron chi connectivity index (χ4n) is 2.43. The molecule has 1 unspecified atom stereocenters. The Labute approximate surface area is 108 Å². The lowest BCUT2D eigenvalue weighted by Crippen LogP contribution is -2.39. The van der Waals surface area contributed by atoms with E-state index < -0.39 is 0 Å². The highest BCUT2D eigenvalue weighted by Crippen LogP contribution is 2.21. The number of nitrogens with one attached hydrogen (secondary N) is 1. The number of nitrogens with zero attached hydrogens (tertiary/aromatic N) is 1. The van der Waals surface area contributed by atoms with Crippen LogP contribution in [-0.4, -0.2) is 37.0 Å². The lowest BCUT2D eigenvalue weighted by Gasteiger charge is -2.28. The molecule has 2 rings (SSSR count). The smallest absolute Gasteiger partial charge is 0.239 e. The molecule has 3 N–H and O–H groups in total. The zero-order valence-electron chi connectivity index (χ0n) is 10.9. The molecule has 0 aromatic heterocycles. The average Bonchev–Trinajstić information content (AvgIpc) is 2.60. The first-order valence-electron chi connectivity index (χ1n) is 6.49. The van der Waals surface area contributed by atoms with Crippen molar-refractivity contribution in [3.63, 3.8) is 0 Å². The molecular weight excluding hydrogens is 226 g/mol. The van der Waals surface area contributed by atoms with E-state index in [9.17, 15) is 4.79 Å². The van der Waals surface area contributed by atoms with Crippen LogP contribution >= 0.6 is 0 Å². The molecule has 1 fully saturated rings. The predicted molar refractivity (Wildman–Crippen MR) is 72.2 cm³/mol. The van der Waals surface area contributed by atoms with E-state index in [0.717, 1.165) is 38.2 Å². The van der Waals surface area contributed by atoms with Gasteiger partial charge in [-0.05, 0) is 25.5 Å². The lowest BCUT2D eigenvalue weighted by atomic mass is 10.0. The van der Waals surface area contributed by atoms with Crippen molar-refractivity contribution in [1.29, 1.82) is 0 Å². The van der Waals surface area contributed by atoms with E-state index in [1.165, 1.54) is 5.56 Å². The molecule has 98 valence electrons. The summed E-state index contributed by atoms with van der Waals surface area (Å²) in [5.74, 6) is -0.263. The second-order valence-electron chi connectivity index (χ2n) is 4.86. The van der Waals surface area contributed by atoms with Gasteiger partial charge in [-0.1, -0.05) is 29.8 Å². The van der Waals surface area contributed by atoms with Gasteiger partial charge in [-0.3, -0.25) is 9.69 Å². The summed E-state index contributed by atoms with van der Waals surface area (Å²) < 4.78 is 0. The highest BCUT2D eigenvalue weighted by atomic mass is 16.1. The number of benzene rings is 1. The Kier molecular flexibility index (Phi) is 4.33. The lowest BCUT2D eigenvalue weighted by molar-refractivity contribution is -0.123. The Balaban J connectivity index is 2.21. The van der Waals surface area contributed by atoms with Crippen LogP contribution < -0.4 is 11.1 Å². The van der Waals surface area contributed by atoms with E-state index in [-0.39, 0.29) is 11.9 Å². The molecule has 0 spiro atoms. The molecule has 4 nitrogen and oxygen atoms in total. The van der Waals surface area contributed by atoms with Crippen LogP contribution in [0.1, 0.15) is 23.6 Å². The van der Waals surface area contributed by atoms with E-state index in [4.69, 9.17) is 5.73 Å². The van der Waals surface area contributed by atoms with Gasteiger partial charge in [0.15, 0.2) is 0 Å². The number of rotatable bonds is 3. The summed E-state index contributed by atoms with van der Waals surface area (Å²) in [6.07, 6.45) is 1.05. The van der Waals surface area contributed by atoms with Crippen molar-refractivity contribution in [2.24, 2.45) is 5.73 Å². The summed E-state index contributed by atoms with van der Waals surface area (Å²) in [5, 5.41) is 3.34. The maximum absolute atomic E-state index is 11.8. The van der Waals surface area contributed by atoms with Crippen LogP contribution in [-0.2, 0) is 4.79 Å². The topological polar surface area (TPSA) is 58.4 Å². The van der Waals surface area contributed by atoms with Crippen LogP contribution in [0.3, 0.4) is 0 Å². The molecule has 0 radical (unpaired) electrons. The van der Waals surface area contributed by atoms with E-state index in [0.29, 0.717) is 0 Å². The Morgan fingerprint density at radius 1 is 1.28 bits per heavy atom. The maximum Gasteiger partial charge on any atom is 0.239 e. The fraction of sp³-hybridized carbons (Fsp3) is 0.500. The van der Waals surface area contributed by atoms with Crippen molar-refractivity contribution in [2.75, 3.05) is 26.2 Å². The number of primary amides is 1. The number of amides is 1. The van der Waals surface area contributed by atoms with Gasteiger partial charge >= 0.3 is 0 Å². The summed E-state index contributed by atoms with van der Waals surface area (Å²) in [6, 6.07) is 7.76. The van der Waals surface area contributed by atoms with Crippen molar-refractivity contribution >= 4 is 5.91 Å². The third-order valence-electron chi connectivity index (χ3n) is 3.40. The predicted octanol–water partition coefficient (Wildman–Crippen LogP) is 0.817. The molecule has 1 aliphatic heterocycles. The molecule has 0 aliphatic carbocycles. The van der Waals surface area contributed by atoms with E-state index in [1.807, 2.05) is 31.2 Å². The molecule has 1 saturated heterocycles. The third kappa shape index (κ3) is 3.09. The molecule has 18 heavy (non-hydrogen) atoms. The SMILES string of the molecule is Cc1ccc(C(C(N)=O)N2CCCNCC2)cc1. The number of aryl methyl sites for hydroxylation is 1. The third-order valence-corrected chi connectivity index (χ3v) is 3.40. The van der Waals surface area contributed by atoms with Crippen LogP contribution in [0.15, 0.2) is 24.3 Å². The molecule has 0 bridgehead atoms. The van der Waals surface area contributed by atoms with Gasteiger partial charge in [0.2, 0.25) is 5.91 Å². The molecule has 1 amide bonds. The first kappa shape index (κ1) is 13.1. The highest BCUT2D eigenvalue weighted by molar-refractivity contribution is 5.81. The van der Waals surface area contributed by atoms with Crippen LogP contribution in [0.4, 0.5) is 0 Å². The number of nitrogens with two attached hydrogens (primary N) is 1. The van der Waals surface area contributed by atoms with Crippen LogP contribution in [0.2, 0.25) is 0 Å². The average molecular weight is 247 g/mol. The number of carbonyl (C=O) groups is 1. The Hall–Kier alpha value is -1.39. The van der Waals surface area contributed by atoms with Crippen molar-refractivity contribution < 1.29 is 4.79 Å². The van der Waals surface area contributed by atoms with Gasteiger partial charge in [-0.2, -0.15) is 0 Å². The molecule has 1 heterocycles. The summed E-state index contributed by atoms with van der Waals surface area (Å²) in [4.78, 5) is 13.9. The van der Waals surface area contributed by atoms with Crippen molar-refractivity contribution in [1.82, 2.24) is 10.2 Å². The zero-order chi connectivity index (χ0) is 13.0. The summed E-state index contributed by atoms with van der Waals surface area (Å²) in [7, 11) is 0. The van der Waals surface area contributed by atoms with Crippen molar-refractivity contribution in [3.8, 4) is 0 Å². The molecule has 4 heteroatoms. The molecule has 0 saturated carbocycles. The van der Waals surface area contributed by atoms with Crippen LogP contribution in [0, 0.1) is 6.92 Å². The summed E-state index contributed by atoms with van der Waals surface area (Å²) >= 11 is 0. The van der Waals surface area contributed by atoms with Gasteiger partial charge < -0.3 is 11.1 Å². The monoisotopic (exact) mass is 247 g/mol. The van der Waals surface area contributed by atoms with Gasteiger partial charge in [0.05, 0.1) is 0 Å². The zero-order valence-corrected chi connectivity index (χ0v) is 10.9. The van der Waals surface area contributed by atoms with Crippen LogP contribution in [0.25, 0.3) is 0 Å². The number of hydrogen-bond acceptors (Lipinski definition) is 3. The van der Waals surface area contributed by atoms with E-state index in [2.05, 4.69) is 10.2 Å². The Morgan fingerprint density at radius 3 is 2.67 bits per heavy atom. The first-order valence-corrected chi connectivity index (χ1v) is 6.49. The fourth-order valence-corrected chi connectivity index (χ4v) is 2.43. The van der Waals surface area contributed by atoms with Gasteiger partial charge in [0.1, 0.15) is 6.04 Å². The maximum atomic E-state index is 11.8. The molecule has 1 aromatic rings. The van der Waals surface area contributed by atoms with Crippen LogP contribution in [0.5, 0.6) is 0 Å². The standard InChI is InChI=1S/C14H21N3O/c1-11-3-5-12(6-4-11)13(14(15)18)17-9-2-7-16-8-10-17/h3-6,13,16H,2,7-10H2,1H3,(H2,15,18). The molecule has 1 aromatic carbocycles. The van der Waals surface area contributed by atoms with Gasteiger partial charge in [0, 0.05) is 19.6 Å². The Bertz CT molecular complexity index is 394. The Morgan fingerprint density at radius 2 is 2.00 bits per heavy atom. The highest BCUT2D eigenvalue weighted by Gasteiger charge is 2.25. The minimum atomic E-state index is -0.300. The van der Waals surface area contributed by atoms with E-state index >= 15 is 0 Å². The molecule has 1 atom stereocenters. The first-order chi connectivity index (χ1) is 8.68. The summed E-state index contributed by atoms with van der Waals surface area (Å²) in [5.41, 5.74) is 7.78. The molecular formula is C14H21N3O. The summed E-state index contributed by atoms with van der Waals surface area (Å²) in [6.45, 7) is 5.74. The number of hydrogen-bond donors (Lipinski definition) is 2. The minimum absolute atomic E-state index is 0.263. The molecule has 1 aliphatic rings. The van der Waals surface area contributed by atoms with Crippen molar-refractivity contribution in [2.45, 2.75) is 19.4 Å². The number of carbonyl (C=O) groups excluding carboxylic acids is 1.